The van der Waals surface area contributed by atoms with Crippen LogP contribution in [0.1, 0.15) is 20.3 Å². The molecule has 1 N–H and O–H groups in total. The number of pyridine rings is 1. The van der Waals surface area contributed by atoms with Crippen molar-refractivity contribution in [3.63, 3.8) is 0 Å². The number of rotatable bonds is 4. The first kappa shape index (κ1) is 17.0. The fraction of sp³-hybridized carbons (Fsp3) is 0.294. The molecule has 0 unspecified atom stereocenters. The summed E-state index contributed by atoms with van der Waals surface area (Å²) in [6, 6.07) is 12.1. The zero-order chi connectivity index (χ0) is 15.7. The fourth-order valence-electron chi connectivity index (χ4n) is 1.89. The Bertz CT molecular complexity index is 554. The predicted molar refractivity (Wildman–Crippen MR) is 83.5 cm³/mol. The Balaban J connectivity index is 0.000000240. The van der Waals surface area contributed by atoms with Crippen molar-refractivity contribution < 1.29 is 9.18 Å². The van der Waals surface area contributed by atoms with Gasteiger partial charge in [0.1, 0.15) is 11.6 Å². The highest BCUT2D eigenvalue weighted by molar-refractivity contribution is 5.81. The van der Waals surface area contributed by atoms with Gasteiger partial charge in [-0.25, -0.2) is 4.39 Å². The first-order chi connectivity index (χ1) is 10.1. The fourth-order valence-corrected chi connectivity index (χ4v) is 1.89. The van der Waals surface area contributed by atoms with Crippen LogP contribution in [0.3, 0.4) is 0 Å². The monoisotopic (exact) mass is 288 g/mol. The number of hydrogen-bond donors (Lipinski definition) is 1. The molecule has 1 aromatic heterocycles. The van der Waals surface area contributed by atoms with Crippen LogP contribution < -0.4 is 5.32 Å². The quantitative estimate of drug-likeness (QED) is 0.936. The molecule has 1 heterocycles. The van der Waals surface area contributed by atoms with Crippen molar-refractivity contribution in [2.75, 3.05) is 7.05 Å². The van der Waals surface area contributed by atoms with Crippen LogP contribution in [0.2, 0.25) is 0 Å². The van der Waals surface area contributed by atoms with Gasteiger partial charge in [-0.3, -0.25) is 9.78 Å². The summed E-state index contributed by atoms with van der Waals surface area (Å²) in [7, 11) is 1.80. The summed E-state index contributed by atoms with van der Waals surface area (Å²) in [5.74, 6) is -0.0174. The van der Waals surface area contributed by atoms with Crippen molar-refractivity contribution in [2.45, 2.75) is 26.3 Å². The molecule has 2 rings (SSSR count). The summed E-state index contributed by atoms with van der Waals surface area (Å²) < 4.78 is 13.2. The Hall–Kier alpha value is -2.07. The second-order valence-electron chi connectivity index (χ2n) is 4.55. The van der Waals surface area contributed by atoms with Gasteiger partial charge in [0.05, 0.1) is 11.7 Å². The standard InChI is InChI=1S/C11H8FN.C6H13NO/c12-10-6-2-1-5-9(10)11-7-3-4-8-13-11;1-4-6(7-3)5(2)8/h1-8H;6-7H,4H2,1-3H3/t;6-/m.0/s1. The van der Waals surface area contributed by atoms with Gasteiger partial charge in [0.15, 0.2) is 0 Å². The van der Waals surface area contributed by atoms with Gasteiger partial charge in [-0.15, -0.1) is 0 Å². The Kier molecular flexibility index (Phi) is 7.26. The lowest BCUT2D eigenvalue weighted by Gasteiger charge is -2.07. The lowest BCUT2D eigenvalue weighted by atomic mass is 10.1. The van der Waals surface area contributed by atoms with E-state index in [0.29, 0.717) is 11.3 Å². The van der Waals surface area contributed by atoms with Crippen LogP contribution in [-0.2, 0) is 4.79 Å². The van der Waals surface area contributed by atoms with E-state index in [0.717, 1.165) is 6.42 Å². The number of aromatic nitrogens is 1. The minimum Gasteiger partial charge on any atom is -0.311 e. The number of nitrogens with one attached hydrogen (secondary N) is 1. The lowest BCUT2D eigenvalue weighted by Crippen LogP contribution is -2.31. The largest absolute Gasteiger partial charge is 0.311 e. The molecule has 0 saturated carbocycles. The van der Waals surface area contributed by atoms with Crippen LogP contribution in [0.15, 0.2) is 48.7 Å². The van der Waals surface area contributed by atoms with Crippen LogP contribution in [0.4, 0.5) is 4.39 Å². The number of likely N-dealkylation sites (N-methyl/N-ethyl adjacent to an activating group) is 1. The maximum Gasteiger partial charge on any atom is 0.146 e. The second-order valence-corrected chi connectivity index (χ2v) is 4.55. The maximum atomic E-state index is 13.2. The minimum absolute atomic E-state index is 0.0648. The number of carbonyl (C=O) groups is 1. The second kappa shape index (κ2) is 8.97. The molecule has 4 heteroatoms. The smallest absolute Gasteiger partial charge is 0.146 e. The van der Waals surface area contributed by atoms with Gasteiger partial charge >= 0.3 is 0 Å². The third-order valence-corrected chi connectivity index (χ3v) is 3.06. The summed E-state index contributed by atoms with van der Waals surface area (Å²) >= 11 is 0. The number of carbonyl (C=O) groups excluding carboxylic acids is 1. The van der Waals surface area contributed by atoms with Crippen LogP contribution in [0.5, 0.6) is 0 Å². The topological polar surface area (TPSA) is 42.0 Å². The van der Waals surface area contributed by atoms with Gasteiger partial charge < -0.3 is 5.32 Å². The highest BCUT2D eigenvalue weighted by Crippen LogP contribution is 2.18. The number of halogens is 1. The van der Waals surface area contributed by atoms with Gasteiger partial charge in [0, 0.05) is 11.8 Å². The van der Waals surface area contributed by atoms with Crippen LogP contribution in [-0.4, -0.2) is 23.9 Å². The van der Waals surface area contributed by atoms with E-state index >= 15 is 0 Å². The molecule has 112 valence electrons. The Morgan fingerprint density at radius 2 is 1.90 bits per heavy atom. The van der Waals surface area contributed by atoms with E-state index < -0.39 is 0 Å². The molecule has 0 amide bonds. The first-order valence-electron chi connectivity index (χ1n) is 6.93. The molecule has 0 aliphatic carbocycles. The van der Waals surface area contributed by atoms with E-state index in [9.17, 15) is 9.18 Å². The number of ketones is 1. The molecule has 2 aromatic rings. The Morgan fingerprint density at radius 3 is 2.33 bits per heavy atom. The van der Waals surface area contributed by atoms with Gasteiger partial charge in [0.2, 0.25) is 0 Å². The van der Waals surface area contributed by atoms with Crippen LogP contribution in [0.25, 0.3) is 11.3 Å². The number of nitrogens with zero attached hydrogens (tertiary/aromatic N) is 1. The molecule has 1 aromatic carbocycles. The van der Waals surface area contributed by atoms with Crippen molar-refractivity contribution in [1.82, 2.24) is 10.3 Å². The number of hydrogen-bond acceptors (Lipinski definition) is 3. The zero-order valence-corrected chi connectivity index (χ0v) is 12.6. The number of benzene rings is 1. The Morgan fingerprint density at radius 1 is 1.24 bits per heavy atom. The van der Waals surface area contributed by atoms with E-state index in [1.165, 1.54) is 6.07 Å². The van der Waals surface area contributed by atoms with Gasteiger partial charge in [-0.2, -0.15) is 0 Å². The van der Waals surface area contributed by atoms with Crippen molar-refractivity contribution in [1.29, 1.82) is 0 Å². The summed E-state index contributed by atoms with van der Waals surface area (Å²) in [6.07, 6.45) is 2.54. The van der Waals surface area contributed by atoms with Crippen LogP contribution in [0, 0.1) is 5.82 Å². The summed E-state index contributed by atoms with van der Waals surface area (Å²) in [4.78, 5) is 14.6. The van der Waals surface area contributed by atoms with E-state index in [4.69, 9.17) is 0 Å². The molecule has 21 heavy (non-hydrogen) atoms. The minimum atomic E-state index is -0.235. The molecule has 0 spiro atoms. The third kappa shape index (κ3) is 5.44. The van der Waals surface area contributed by atoms with Gasteiger partial charge in [-0.1, -0.05) is 25.1 Å². The van der Waals surface area contributed by atoms with E-state index in [-0.39, 0.29) is 17.6 Å². The summed E-state index contributed by atoms with van der Waals surface area (Å²) in [5, 5.41) is 2.90. The van der Waals surface area contributed by atoms with Crippen LogP contribution >= 0.6 is 0 Å². The first-order valence-corrected chi connectivity index (χ1v) is 6.93. The molecule has 0 aliphatic rings. The van der Waals surface area contributed by atoms with Crippen molar-refractivity contribution in [3.05, 3.63) is 54.5 Å². The molecule has 0 radical (unpaired) electrons. The van der Waals surface area contributed by atoms with E-state index in [2.05, 4.69) is 10.3 Å². The molecule has 0 aliphatic heterocycles. The normalized spacial score (nSPS) is 11.2. The van der Waals surface area contributed by atoms with Crippen molar-refractivity contribution in [2.24, 2.45) is 0 Å². The molecule has 0 bridgehead atoms. The van der Waals surface area contributed by atoms with Crippen molar-refractivity contribution in [3.8, 4) is 11.3 Å². The lowest BCUT2D eigenvalue weighted by molar-refractivity contribution is -0.118. The van der Waals surface area contributed by atoms with Gasteiger partial charge in [0.25, 0.3) is 0 Å². The van der Waals surface area contributed by atoms with E-state index in [1.54, 1.807) is 44.4 Å². The van der Waals surface area contributed by atoms with Gasteiger partial charge in [-0.05, 0) is 44.7 Å². The SMILES string of the molecule is CC[C@H](NC)C(C)=O.Fc1ccccc1-c1ccccn1. The molecule has 0 fully saturated rings. The highest BCUT2D eigenvalue weighted by atomic mass is 19.1. The zero-order valence-electron chi connectivity index (χ0n) is 12.6. The summed E-state index contributed by atoms with van der Waals surface area (Å²) in [6.45, 7) is 3.59. The van der Waals surface area contributed by atoms with Crippen molar-refractivity contribution >= 4 is 5.78 Å². The molecule has 1 atom stereocenters. The molecule has 0 saturated heterocycles. The average molecular weight is 288 g/mol. The molecular weight excluding hydrogens is 267 g/mol. The highest BCUT2D eigenvalue weighted by Gasteiger charge is 2.06. The summed E-state index contributed by atoms with van der Waals surface area (Å²) in [5.41, 5.74) is 1.21. The van der Waals surface area contributed by atoms with E-state index in [1.807, 2.05) is 19.1 Å². The number of Topliss-reactive ketones (excluding diaryl/α,β-unsaturated/α-hetero) is 1. The third-order valence-electron chi connectivity index (χ3n) is 3.06. The predicted octanol–water partition coefficient (Wildman–Crippen LogP) is 3.46. The maximum absolute atomic E-state index is 13.2. The molecular formula is C17H21FN2O. The molecule has 3 nitrogen and oxygen atoms in total. The Labute approximate surface area is 125 Å². The average Bonchev–Trinajstić information content (AvgIpc) is 2.50.